The zero-order valence-corrected chi connectivity index (χ0v) is 6.57. The van der Waals surface area contributed by atoms with Crippen molar-refractivity contribution in [3.63, 3.8) is 0 Å². The molecule has 1 aromatic heterocycles. The molecule has 1 heterocycles. The first kappa shape index (κ1) is 8.32. The number of hydrogen-bond acceptors (Lipinski definition) is 2. The van der Waals surface area contributed by atoms with Crippen molar-refractivity contribution in [3.05, 3.63) is 17.7 Å². The second-order valence-electron chi connectivity index (χ2n) is 1.93. The van der Waals surface area contributed by atoms with Gasteiger partial charge in [-0.2, -0.15) is 4.21 Å². The minimum atomic E-state index is -2.71. The fourth-order valence-corrected chi connectivity index (χ4v) is 1.30. The summed E-state index contributed by atoms with van der Waals surface area (Å²) in [4.78, 5) is 3.60. The van der Waals surface area contributed by atoms with Gasteiger partial charge >= 0.3 is 11.4 Å². The maximum absolute atomic E-state index is 12.2. The van der Waals surface area contributed by atoms with Crippen molar-refractivity contribution in [2.45, 2.75) is 13.6 Å². The number of alkyl halides is 1. The number of rotatable bonds is 2. The Hall–Kier alpha value is -0.780. The van der Waals surface area contributed by atoms with E-state index < -0.39 is 18.0 Å². The molecule has 3 nitrogen and oxygen atoms in total. The number of nitrogens with zero attached hydrogens (tertiary/aromatic N) is 2. The van der Waals surface area contributed by atoms with Crippen molar-refractivity contribution in [3.8, 4) is 0 Å². The summed E-state index contributed by atoms with van der Waals surface area (Å²) in [7, 11) is 0. The molecule has 0 aromatic carbocycles. The zero-order chi connectivity index (χ0) is 8.43. The highest BCUT2D eigenvalue weighted by Gasteiger charge is 2.10. The molecule has 0 aliphatic heterocycles. The van der Waals surface area contributed by atoms with Gasteiger partial charge in [0.1, 0.15) is 12.5 Å². The standard InChI is InChI=1S/C5H6F2N2OS/c1-4-8-3-5(2-6)9(4)11(7)10/h3H,2H2,1H3. The SMILES string of the molecule is Cc1ncc(CF)n1S(=O)F. The molecule has 0 bridgehead atoms. The molecule has 0 fully saturated rings. The summed E-state index contributed by atoms with van der Waals surface area (Å²) >= 11 is -2.71. The van der Waals surface area contributed by atoms with Crippen LogP contribution in [-0.4, -0.2) is 13.2 Å². The molecular formula is C5H6F2N2OS. The van der Waals surface area contributed by atoms with E-state index in [2.05, 4.69) is 4.98 Å². The highest BCUT2D eigenvalue weighted by molar-refractivity contribution is 7.78. The smallest absolute Gasteiger partial charge is 0.244 e. The Bertz CT molecular complexity index is 286. The van der Waals surface area contributed by atoms with Gasteiger partial charge in [0.25, 0.3) is 0 Å². The zero-order valence-electron chi connectivity index (χ0n) is 5.75. The monoisotopic (exact) mass is 180 g/mol. The van der Waals surface area contributed by atoms with E-state index in [-0.39, 0.29) is 11.5 Å². The lowest BCUT2D eigenvalue weighted by Crippen LogP contribution is -2.04. The topological polar surface area (TPSA) is 34.9 Å². The average molecular weight is 180 g/mol. The van der Waals surface area contributed by atoms with Crippen LogP contribution in [0, 0.1) is 6.92 Å². The predicted octanol–water partition coefficient (Wildman–Crippen LogP) is 1.06. The molecule has 11 heavy (non-hydrogen) atoms. The Labute approximate surface area is 64.9 Å². The summed E-state index contributed by atoms with van der Waals surface area (Å²) in [6.07, 6.45) is 1.16. The fraction of sp³-hybridized carbons (Fsp3) is 0.400. The normalized spacial score (nSPS) is 13.4. The third kappa shape index (κ3) is 1.45. The van der Waals surface area contributed by atoms with Gasteiger partial charge in [0.05, 0.1) is 11.9 Å². The van der Waals surface area contributed by atoms with Crippen LogP contribution in [-0.2, 0) is 18.0 Å². The second-order valence-corrected chi connectivity index (χ2v) is 2.71. The first-order chi connectivity index (χ1) is 5.16. The molecule has 6 heteroatoms. The summed E-state index contributed by atoms with van der Waals surface area (Å²) in [5.41, 5.74) is -0.0108. The molecule has 1 rings (SSSR count). The molecule has 62 valence electrons. The van der Waals surface area contributed by atoms with Gasteiger partial charge in [-0.25, -0.2) is 13.3 Å². The van der Waals surface area contributed by atoms with Gasteiger partial charge in [-0.1, -0.05) is 0 Å². The summed E-state index contributed by atoms with van der Waals surface area (Å²) < 4.78 is 35.2. The minimum Gasteiger partial charge on any atom is -0.244 e. The van der Waals surface area contributed by atoms with Gasteiger partial charge in [-0.15, -0.1) is 3.89 Å². The predicted molar refractivity (Wildman–Crippen MR) is 36.4 cm³/mol. The number of aryl methyl sites for hydroxylation is 1. The van der Waals surface area contributed by atoms with Gasteiger partial charge in [0.2, 0.25) is 0 Å². The van der Waals surface area contributed by atoms with E-state index in [0.717, 1.165) is 6.20 Å². The van der Waals surface area contributed by atoms with E-state index in [4.69, 9.17) is 0 Å². The number of imidazole rings is 1. The summed E-state index contributed by atoms with van der Waals surface area (Å²) in [5.74, 6) is 0.207. The quantitative estimate of drug-likeness (QED) is 0.638. The Kier molecular flexibility index (Phi) is 2.33. The van der Waals surface area contributed by atoms with E-state index in [0.29, 0.717) is 3.97 Å². The van der Waals surface area contributed by atoms with Gasteiger partial charge in [0.15, 0.2) is 0 Å². The van der Waals surface area contributed by atoms with Crippen molar-refractivity contribution in [1.82, 2.24) is 8.96 Å². The first-order valence-corrected chi connectivity index (χ1v) is 3.85. The van der Waals surface area contributed by atoms with Crippen molar-refractivity contribution >= 4 is 11.4 Å². The van der Waals surface area contributed by atoms with Crippen molar-refractivity contribution < 1.29 is 12.5 Å². The van der Waals surface area contributed by atoms with Gasteiger partial charge in [0, 0.05) is 0 Å². The van der Waals surface area contributed by atoms with Crippen LogP contribution in [0.2, 0.25) is 0 Å². The molecule has 1 unspecified atom stereocenters. The van der Waals surface area contributed by atoms with Crippen molar-refractivity contribution in [2.24, 2.45) is 0 Å². The van der Waals surface area contributed by atoms with Crippen LogP contribution in [0.3, 0.4) is 0 Å². The van der Waals surface area contributed by atoms with E-state index >= 15 is 0 Å². The van der Waals surface area contributed by atoms with Gasteiger partial charge < -0.3 is 0 Å². The third-order valence-corrected chi connectivity index (χ3v) is 2.02. The number of hydrogen-bond donors (Lipinski definition) is 0. The lowest BCUT2D eigenvalue weighted by atomic mass is 10.5. The van der Waals surface area contributed by atoms with Crippen LogP contribution in [0.15, 0.2) is 6.20 Å². The van der Waals surface area contributed by atoms with Crippen LogP contribution in [0.4, 0.5) is 8.28 Å². The maximum atomic E-state index is 12.2. The van der Waals surface area contributed by atoms with Crippen LogP contribution in [0.25, 0.3) is 0 Å². The molecule has 0 aliphatic rings. The van der Waals surface area contributed by atoms with Crippen molar-refractivity contribution in [1.29, 1.82) is 0 Å². The van der Waals surface area contributed by atoms with Crippen LogP contribution < -0.4 is 0 Å². The summed E-state index contributed by atoms with van der Waals surface area (Å²) in [6, 6.07) is 0. The summed E-state index contributed by atoms with van der Waals surface area (Å²) in [5, 5.41) is 0. The Morgan fingerprint density at radius 3 is 2.82 bits per heavy atom. The minimum absolute atomic E-state index is 0.0108. The van der Waals surface area contributed by atoms with Crippen molar-refractivity contribution in [2.75, 3.05) is 0 Å². The highest BCUT2D eigenvalue weighted by atomic mass is 32.2. The van der Waals surface area contributed by atoms with E-state index in [1.165, 1.54) is 6.92 Å². The van der Waals surface area contributed by atoms with Gasteiger partial charge in [-0.05, 0) is 6.92 Å². The Morgan fingerprint density at radius 2 is 2.45 bits per heavy atom. The molecule has 0 saturated carbocycles. The molecule has 1 atom stereocenters. The third-order valence-electron chi connectivity index (χ3n) is 1.24. The lowest BCUT2D eigenvalue weighted by molar-refractivity contribution is 0.472. The molecule has 0 spiro atoms. The molecule has 1 aromatic rings. The van der Waals surface area contributed by atoms with Crippen LogP contribution in [0.5, 0.6) is 0 Å². The Balaban J connectivity index is 3.17. The van der Waals surface area contributed by atoms with Crippen LogP contribution in [0.1, 0.15) is 11.5 Å². The molecule has 0 amide bonds. The number of halogens is 2. The molecule has 0 saturated heterocycles. The largest absolute Gasteiger partial charge is 0.309 e. The lowest BCUT2D eigenvalue weighted by Gasteiger charge is -1.97. The first-order valence-electron chi connectivity index (χ1n) is 2.84. The molecule has 0 aliphatic carbocycles. The highest BCUT2D eigenvalue weighted by Crippen LogP contribution is 2.08. The molecule has 0 radical (unpaired) electrons. The molecular weight excluding hydrogens is 174 g/mol. The fourth-order valence-electron chi connectivity index (χ4n) is 0.765. The van der Waals surface area contributed by atoms with Crippen LogP contribution >= 0.6 is 0 Å². The number of aromatic nitrogens is 2. The van der Waals surface area contributed by atoms with E-state index in [9.17, 15) is 12.5 Å². The maximum Gasteiger partial charge on any atom is 0.309 e. The second kappa shape index (κ2) is 3.08. The molecule has 0 N–H and O–H groups in total. The van der Waals surface area contributed by atoms with E-state index in [1.54, 1.807) is 0 Å². The Morgan fingerprint density at radius 1 is 1.82 bits per heavy atom. The van der Waals surface area contributed by atoms with E-state index in [1.807, 2.05) is 0 Å². The van der Waals surface area contributed by atoms with Gasteiger partial charge in [-0.3, -0.25) is 0 Å². The average Bonchev–Trinajstić information content (AvgIpc) is 2.30. The summed E-state index contributed by atoms with van der Waals surface area (Å²) in [6.45, 7) is 0.590.